The number of nitrogens with zero attached hydrogens (tertiary/aromatic N) is 1. The number of ether oxygens (including phenoxy) is 1. The molecule has 0 aliphatic carbocycles. The molecule has 1 heterocycles. The van der Waals surface area contributed by atoms with Gasteiger partial charge in [-0.2, -0.15) is 0 Å². The van der Waals surface area contributed by atoms with Gasteiger partial charge in [0.25, 0.3) is 5.91 Å². The molecule has 0 bridgehead atoms. The third-order valence-corrected chi connectivity index (χ3v) is 4.07. The van der Waals surface area contributed by atoms with Gasteiger partial charge in [-0.15, -0.1) is 0 Å². The van der Waals surface area contributed by atoms with Crippen LogP contribution in [0.2, 0.25) is 0 Å². The van der Waals surface area contributed by atoms with E-state index >= 15 is 0 Å². The molecule has 3 rings (SSSR count). The quantitative estimate of drug-likeness (QED) is 0.887. The Morgan fingerprint density at radius 1 is 1.00 bits per heavy atom. The number of rotatable bonds is 6. The minimum atomic E-state index is -0.787. The normalized spacial score (nSPS) is 18.5. The summed E-state index contributed by atoms with van der Waals surface area (Å²) in [5.74, 6) is -0.295. The molecular formula is C19H20N2O3. The van der Waals surface area contributed by atoms with Gasteiger partial charge in [0.05, 0.1) is 12.6 Å². The second-order valence-electron chi connectivity index (χ2n) is 5.87. The van der Waals surface area contributed by atoms with E-state index in [-0.39, 0.29) is 18.5 Å². The van der Waals surface area contributed by atoms with Gasteiger partial charge in [0.2, 0.25) is 0 Å². The van der Waals surface area contributed by atoms with Crippen LogP contribution in [-0.2, 0) is 22.6 Å². The Morgan fingerprint density at radius 3 is 2.21 bits per heavy atom. The Labute approximate surface area is 141 Å². The summed E-state index contributed by atoms with van der Waals surface area (Å²) >= 11 is 0. The van der Waals surface area contributed by atoms with Crippen molar-refractivity contribution in [3.63, 3.8) is 0 Å². The van der Waals surface area contributed by atoms with Crippen molar-refractivity contribution >= 4 is 12.0 Å². The number of amides is 2. The van der Waals surface area contributed by atoms with Crippen LogP contribution in [0.3, 0.4) is 0 Å². The first-order chi connectivity index (χ1) is 11.6. The van der Waals surface area contributed by atoms with E-state index in [1.807, 2.05) is 67.6 Å². The summed E-state index contributed by atoms with van der Waals surface area (Å²) in [6, 6.07) is 19.0. The van der Waals surface area contributed by atoms with Gasteiger partial charge >= 0.3 is 6.09 Å². The van der Waals surface area contributed by atoms with Gasteiger partial charge in [-0.1, -0.05) is 60.7 Å². The molecule has 1 fully saturated rings. The third-order valence-electron chi connectivity index (χ3n) is 4.07. The fourth-order valence-corrected chi connectivity index (χ4v) is 2.67. The van der Waals surface area contributed by atoms with Gasteiger partial charge < -0.3 is 10.1 Å². The molecule has 1 saturated heterocycles. The highest BCUT2D eigenvalue weighted by atomic mass is 16.6. The van der Waals surface area contributed by atoms with Crippen LogP contribution in [0, 0.1) is 0 Å². The summed E-state index contributed by atoms with van der Waals surface area (Å²) in [5, 5.41) is 3.25. The Hall–Kier alpha value is -2.66. The van der Waals surface area contributed by atoms with Crippen LogP contribution in [-0.4, -0.2) is 29.0 Å². The molecule has 0 unspecified atom stereocenters. The van der Waals surface area contributed by atoms with Crippen LogP contribution in [0.4, 0.5) is 4.79 Å². The number of hydrogen-bond acceptors (Lipinski definition) is 4. The van der Waals surface area contributed by atoms with Crippen molar-refractivity contribution in [3.8, 4) is 0 Å². The van der Waals surface area contributed by atoms with E-state index in [0.717, 1.165) is 11.1 Å². The molecule has 1 aliphatic heterocycles. The SMILES string of the molecule is C[C@@H](NCc1ccccc1)[C@H]1OC(=O)N(Cc2ccccc2)C1=O. The van der Waals surface area contributed by atoms with E-state index in [1.54, 1.807) is 0 Å². The summed E-state index contributed by atoms with van der Waals surface area (Å²) in [6.07, 6.45) is -1.37. The molecule has 0 radical (unpaired) electrons. The molecule has 1 aliphatic rings. The first-order valence-electron chi connectivity index (χ1n) is 7.98. The fraction of sp³-hybridized carbons (Fsp3) is 0.263. The van der Waals surface area contributed by atoms with Crippen molar-refractivity contribution in [1.82, 2.24) is 10.2 Å². The van der Waals surface area contributed by atoms with Gasteiger partial charge in [0, 0.05) is 6.54 Å². The Bertz CT molecular complexity index is 703. The number of carbonyl (C=O) groups excluding carboxylic acids is 2. The number of nitrogens with one attached hydrogen (secondary N) is 1. The lowest BCUT2D eigenvalue weighted by Gasteiger charge is -2.18. The molecule has 124 valence electrons. The molecule has 2 atom stereocenters. The molecule has 5 heteroatoms. The number of cyclic esters (lactones) is 1. The van der Waals surface area contributed by atoms with Gasteiger partial charge in [0.1, 0.15) is 0 Å². The summed E-state index contributed by atoms with van der Waals surface area (Å²) < 4.78 is 5.28. The highest BCUT2D eigenvalue weighted by Gasteiger charge is 2.43. The highest BCUT2D eigenvalue weighted by Crippen LogP contribution is 2.19. The largest absolute Gasteiger partial charge is 0.434 e. The van der Waals surface area contributed by atoms with Gasteiger partial charge in [-0.3, -0.25) is 4.79 Å². The number of carbonyl (C=O) groups is 2. The summed E-state index contributed by atoms with van der Waals surface area (Å²) in [6.45, 7) is 2.70. The third kappa shape index (κ3) is 3.63. The maximum atomic E-state index is 12.5. The van der Waals surface area contributed by atoms with E-state index in [0.29, 0.717) is 6.54 Å². The summed E-state index contributed by atoms with van der Waals surface area (Å²) in [7, 11) is 0. The lowest BCUT2D eigenvalue weighted by Crippen LogP contribution is -2.42. The van der Waals surface area contributed by atoms with E-state index < -0.39 is 12.2 Å². The lowest BCUT2D eigenvalue weighted by atomic mass is 10.1. The topological polar surface area (TPSA) is 58.6 Å². The minimum absolute atomic E-state index is 0.237. The van der Waals surface area contributed by atoms with Crippen molar-refractivity contribution in [2.75, 3.05) is 0 Å². The zero-order chi connectivity index (χ0) is 16.9. The molecule has 24 heavy (non-hydrogen) atoms. The Balaban J connectivity index is 1.60. The van der Waals surface area contributed by atoms with Gasteiger partial charge in [0.15, 0.2) is 6.10 Å². The standard InChI is InChI=1S/C19H20N2O3/c1-14(20-12-15-8-4-2-5-9-15)17-18(22)21(19(23)24-17)13-16-10-6-3-7-11-16/h2-11,14,17,20H,12-13H2,1H3/t14-,17-/m1/s1. The molecule has 0 saturated carbocycles. The first-order valence-corrected chi connectivity index (χ1v) is 7.98. The van der Waals surface area contributed by atoms with Crippen LogP contribution in [0.25, 0.3) is 0 Å². The minimum Gasteiger partial charge on any atom is -0.434 e. The highest BCUT2D eigenvalue weighted by molar-refractivity contribution is 6.00. The number of imide groups is 1. The summed E-state index contributed by atoms with van der Waals surface area (Å²) in [4.78, 5) is 25.7. The molecule has 2 aromatic rings. The first kappa shape index (κ1) is 16.2. The van der Waals surface area contributed by atoms with Crippen molar-refractivity contribution in [3.05, 3.63) is 71.8 Å². The molecule has 0 aromatic heterocycles. The smallest absolute Gasteiger partial charge is 0.417 e. The van der Waals surface area contributed by atoms with Crippen LogP contribution >= 0.6 is 0 Å². The molecule has 5 nitrogen and oxygen atoms in total. The maximum Gasteiger partial charge on any atom is 0.417 e. The molecular weight excluding hydrogens is 304 g/mol. The van der Waals surface area contributed by atoms with Crippen LogP contribution in [0.5, 0.6) is 0 Å². The average molecular weight is 324 g/mol. The lowest BCUT2D eigenvalue weighted by molar-refractivity contribution is -0.130. The second kappa shape index (κ2) is 7.27. The molecule has 1 N–H and O–H groups in total. The Kier molecular flexibility index (Phi) is 4.91. The second-order valence-corrected chi connectivity index (χ2v) is 5.87. The van der Waals surface area contributed by atoms with Crippen LogP contribution < -0.4 is 5.32 Å². The van der Waals surface area contributed by atoms with E-state index in [2.05, 4.69) is 5.32 Å². The fourth-order valence-electron chi connectivity index (χ4n) is 2.67. The van der Waals surface area contributed by atoms with Gasteiger partial charge in [-0.25, -0.2) is 9.69 Å². The average Bonchev–Trinajstić information content (AvgIpc) is 2.90. The molecule has 2 aromatic carbocycles. The predicted octanol–water partition coefficient (Wildman–Crippen LogP) is 2.71. The van der Waals surface area contributed by atoms with E-state index in [1.165, 1.54) is 4.90 Å². The van der Waals surface area contributed by atoms with Crippen molar-refractivity contribution < 1.29 is 14.3 Å². The van der Waals surface area contributed by atoms with E-state index in [9.17, 15) is 9.59 Å². The number of hydrogen-bond donors (Lipinski definition) is 1. The zero-order valence-corrected chi connectivity index (χ0v) is 13.5. The predicted molar refractivity (Wildman–Crippen MR) is 90.0 cm³/mol. The van der Waals surface area contributed by atoms with Gasteiger partial charge in [-0.05, 0) is 18.1 Å². The maximum absolute atomic E-state index is 12.5. The van der Waals surface area contributed by atoms with E-state index in [4.69, 9.17) is 4.74 Å². The van der Waals surface area contributed by atoms with Crippen molar-refractivity contribution in [2.45, 2.75) is 32.2 Å². The molecule has 0 spiro atoms. The van der Waals surface area contributed by atoms with Crippen LogP contribution in [0.15, 0.2) is 60.7 Å². The number of benzene rings is 2. The van der Waals surface area contributed by atoms with Crippen LogP contribution in [0.1, 0.15) is 18.1 Å². The Morgan fingerprint density at radius 2 is 1.58 bits per heavy atom. The summed E-state index contributed by atoms with van der Waals surface area (Å²) in [5.41, 5.74) is 2.01. The monoisotopic (exact) mass is 324 g/mol. The van der Waals surface area contributed by atoms with Crippen molar-refractivity contribution in [2.24, 2.45) is 0 Å². The zero-order valence-electron chi connectivity index (χ0n) is 13.5. The van der Waals surface area contributed by atoms with Crippen molar-refractivity contribution in [1.29, 1.82) is 0 Å². The molecule has 2 amide bonds.